The zero-order valence-electron chi connectivity index (χ0n) is 13.5. The van der Waals surface area contributed by atoms with Gasteiger partial charge in [0, 0.05) is 5.56 Å². The fraction of sp³-hybridized carbons (Fsp3) is 0.250. The molecule has 114 valence electrons. The molecule has 0 amide bonds. The van der Waals surface area contributed by atoms with Crippen molar-refractivity contribution in [3.63, 3.8) is 0 Å². The Balaban J connectivity index is 2.14. The summed E-state index contributed by atoms with van der Waals surface area (Å²) in [6, 6.07) is 12.6. The maximum absolute atomic E-state index is 13.2. The van der Waals surface area contributed by atoms with Crippen LogP contribution in [-0.4, -0.2) is 5.78 Å². The summed E-state index contributed by atoms with van der Waals surface area (Å²) in [6.07, 6.45) is 3.31. The molecule has 0 fully saturated rings. The maximum atomic E-state index is 13.2. The molecule has 0 aliphatic carbocycles. The normalized spacial score (nSPS) is 11.9. The van der Waals surface area contributed by atoms with Crippen LogP contribution in [0.1, 0.15) is 47.8 Å². The van der Waals surface area contributed by atoms with E-state index in [1.165, 1.54) is 23.8 Å². The third-order valence-corrected chi connectivity index (χ3v) is 3.65. The lowest BCUT2D eigenvalue weighted by molar-refractivity contribution is 0.104. The second kappa shape index (κ2) is 6.27. The lowest BCUT2D eigenvalue weighted by atomic mass is 9.87. The molecule has 0 bridgehead atoms. The Bertz CT molecular complexity index is 703. The SMILES string of the molecule is Cc1cc(C(=O)/C=C/c2ccc(C(C)(C)C)cc2)ccc1F. The molecule has 0 saturated heterocycles. The standard InChI is InChI=1S/C20H21FO/c1-14-13-16(8-11-18(14)21)19(22)12-7-15-5-9-17(10-6-15)20(2,3)4/h5-13H,1-4H3/b12-7+. The van der Waals surface area contributed by atoms with E-state index in [1.54, 1.807) is 19.1 Å². The van der Waals surface area contributed by atoms with Crippen molar-refractivity contribution in [3.05, 3.63) is 76.6 Å². The average Bonchev–Trinajstić information content (AvgIpc) is 2.47. The first kappa shape index (κ1) is 16.2. The Morgan fingerprint density at radius 2 is 1.68 bits per heavy atom. The second-order valence-corrected chi connectivity index (χ2v) is 6.53. The first-order valence-corrected chi connectivity index (χ1v) is 7.36. The van der Waals surface area contributed by atoms with Crippen molar-refractivity contribution < 1.29 is 9.18 Å². The molecule has 0 saturated carbocycles. The van der Waals surface area contributed by atoms with Crippen molar-refractivity contribution in [2.24, 2.45) is 0 Å². The first-order chi connectivity index (χ1) is 10.3. The molecule has 2 aromatic rings. The molecule has 22 heavy (non-hydrogen) atoms. The zero-order valence-corrected chi connectivity index (χ0v) is 13.5. The smallest absolute Gasteiger partial charge is 0.185 e. The van der Waals surface area contributed by atoms with E-state index in [0.717, 1.165) is 5.56 Å². The molecule has 0 N–H and O–H groups in total. The van der Waals surface area contributed by atoms with Gasteiger partial charge in [-0.3, -0.25) is 4.79 Å². The number of rotatable bonds is 3. The fourth-order valence-corrected chi connectivity index (χ4v) is 2.16. The summed E-state index contributed by atoms with van der Waals surface area (Å²) < 4.78 is 13.2. The van der Waals surface area contributed by atoms with Crippen molar-refractivity contribution >= 4 is 11.9 Å². The third kappa shape index (κ3) is 3.91. The van der Waals surface area contributed by atoms with E-state index in [1.807, 2.05) is 12.1 Å². The van der Waals surface area contributed by atoms with Crippen LogP contribution in [0, 0.1) is 12.7 Å². The van der Waals surface area contributed by atoms with Crippen molar-refractivity contribution in [2.45, 2.75) is 33.1 Å². The topological polar surface area (TPSA) is 17.1 Å². The van der Waals surface area contributed by atoms with Gasteiger partial charge in [-0.1, -0.05) is 51.1 Å². The van der Waals surface area contributed by atoms with Crippen LogP contribution in [0.15, 0.2) is 48.5 Å². The Morgan fingerprint density at radius 1 is 1.05 bits per heavy atom. The fourth-order valence-electron chi connectivity index (χ4n) is 2.16. The van der Waals surface area contributed by atoms with Crippen molar-refractivity contribution in [1.29, 1.82) is 0 Å². The molecule has 0 unspecified atom stereocenters. The highest BCUT2D eigenvalue weighted by Crippen LogP contribution is 2.22. The van der Waals surface area contributed by atoms with Crippen LogP contribution in [0.5, 0.6) is 0 Å². The number of ketones is 1. The first-order valence-electron chi connectivity index (χ1n) is 7.36. The summed E-state index contributed by atoms with van der Waals surface area (Å²) in [5, 5.41) is 0. The van der Waals surface area contributed by atoms with Gasteiger partial charge in [0.15, 0.2) is 5.78 Å². The number of hydrogen-bond acceptors (Lipinski definition) is 1. The van der Waals surface area contributed by atoms with Gasteiger partial charge in [-0.2, -0.15) is 0 Å². The minimum Gasteiger partial charge on any atom is -0.289 e. The Morgan fingerprint density at radius 3 is 2.23 bits per heavy atom. The lowest BCUT2D eigenvalue weighted by Crippen LogP contribution is -2.10. The number of halogens is 1. The van der Waals surface area contributed by atoms with Crippen LogP contribution in [0.4, 0.5) is 4.39 Å². The minimum atomic E-state index is -0.293. The summed E-state index contributed by atoms with van der Waals surface area (Å²) in [6.45, 7) is 8.15. The molecule has 2 heteroatoms. The van der Waals surface area contributed by atoms with Crippen LogP contribution in [0.2, 0.25) is 0 Å². The van der Waals surface area contributed by atoms with Gasteiger partial charge >= 0.3 is 0 Å². The van der Waals surface area contributed by atoms with E-state index < -0.39 is 0 Å². The average molecular weight is 296 g/mol. The molecule has 0 radical (unpaired) electrons. The highest BCUT2D eigenvalue weighted by atomic mass is 19.1. The van der Waals surface area contributed by atoms with E-state index >= 15 is 0 Å². The Hall–Kier alpha value is -2.22. The number of aryl methyl sites for hydroxylation is 1. The monoisotopic (exact) mass is 296 g/mol. The summed E-state index contributed by atoms with van der Waals surface area (Å²) in [5.41, 5.74) is 3.32. The van der Waals surface area contributed by atoms with Crippen molar-refractivity contribution in [3.8, 4) is 0 Å². The predicted octanol–water partition coefficient (Wildman–Crippen LogP) is 5.33. The highest BCUT2D eigenvalue weighted by molar-refractivity contribution is 6.06. The number of carbonyl (C=O) groups is 1. The lowest BCUT2D eigenvalue weighted by Gasteiger charge is -2.18. The Labute approximate surface area is 131 Å². The number of benzene rings is 2. The third-order valence-electron chi connectivity index (χ3n) is 3.65. The van der Waals surface area contributed by atoms with Crippen molar-refractivity contribution in [1.82, 2.24) is 0 Å². The summed E-state index contributed by atoms with van der Waals surface area (Å²) >= 11 is 0. The molecule has 0 aromatic heterocycles. The molecule has 2 aromatic carbocycles. The number of allylic oxidation sites excluding steroid dienone is 1. The van der Waals surface area contributed by atoms with Crippen LogP contribution < -0.4 is 0 Å². The molecule has 0 aliphatic rings. The number of carbonyl (C=O) groups excluding carboxylic acids is 1. The van der Waals surface area contributed by atoms with Crippen LogP contribution >= 0.6 is 0 Å². The quantitative estimate of drug-likeness (QED) is 0.553. The van der Waals surface area contributed by atoms with Gasteiger partial charge in [-0.15, -0.1) is 0 Å². The van der Waals surface area contributed by atoms with E-state index in [2.05, 4.69) is 32.9 Å². The van der Waals surface area contributed by atoms with E-state index in [0.29, 0.717) is 11.1 Å². The second-order valence-electron chi connectivity index (χ2n) is 6.53. The summed E-state index contributed by atoms with van der Waals surface area (Å²) in [4.78, 5) is 12.1. The van der Waals surface area contributed by atoms with E-state index in [-0.39, 0.29) is 17.0 Å². The molecule has 2 rings (SSSR count). The molecule has 0 heterocycles. The minimum absolute atomic E-state index is 0.115. The maximum Gasteiger partial charge on any atom is 0.185 e. The van der Waals surface area contributed by atoms with Gasteiger partial charge in [-0.05, 0) is 53.3 Å². The van der Waals surface area contributed by atoms with Gasteiger partial charge < -0.3 is 0 Å². The molecule has 0 spiro atoms. The van der Waals surface area contributed by atoms with Crippen LogP contribution in [-0.2, 0) is 5.41 Å². The van der Waals surface area contributed by atoms with E-state index in [4.69, 9.17) is 0 Å². The van der Waals surface area contributed by atoms with Crippen LogP contribution in [0.3, 0.4) is 0 Å². The Kier molecular flexibility index (Phi) is 4.60. The largest absolute Gasteiger partial charge is 0.289 e. The molecule has 0 atom stereocenters. The number of hydrogen-bond donors (Lipinski definition) is 0. The summed E-state index contributed by atoms with van der Waals surface area (Å²) in [5.74, 6) is -0.415. The molecule has 0 aliphatic heterocycles. The molecule has 1 nitrogen and oxygen atoms in total. The molecular formula is C20H21FO. The predicted molar refractivity (Wildman–Crippen MR) is 89.6 cm³/mol. The van der Waals surface area contributed by atoms with Crippen molar-refractivity contribution in [2.75, 3.05) is 0 Å². The zero-order chi connectivity index (χ0) is 16.3. The molecular weight excluding hydrogens is 275 g/mol. The summed E-state index contributed by atoms with van der Waals surface area (Å²) in [7, 11) is 0. The van der Waals surface area contributed by atoms with Gasteiger partial charge in [-0.25, -0.2) is 4.39 Å². The van der Waals surface area contributed by atoms with Crippen LogP contribution in [0.25, 0.3) is 6.08 Å². The van der Waals surface area contributed by atoms with Gasteiger partial charge in [0.1, 0.15) is 5.82 Å². The van der Waals surface area contributed by atoms with E-state index in [9.17, 15) is 9.18 Å². The van der Waals surface area contributed by atoms with Gasteiger partial charge in [0.2, 0.25) is 0 Å². The highest BCUT2D eigenvalue weighted by Gasteiger charge is 2.12. The van der Waals surface area contributed by atoms with Gasteiger partial charge in [0.05, 0.1) is 0 Å². The van der Waals surface area contributed by atoms with Gasteiger partial charge in [0.25, 0.3) is 0 Å².